The van der Waals surface area contributed by atoms with Gasteiger partial charge in [-0.15, -0.1) is 0 Å². The monoisotopic (exact) mass is 227 g/mol. The van der Waals surface area contributed by atoms with Crippen molar-refractivity contribution in [3.05, 3.63) is 71.8 Å². The molecule has 0 fully saturated rings. The van der Waals surface area contributed by atoms with Crippen LogP contribution in [0.2, 0.25) is 0 Å². The van der Waals surface area contributed by atoms with E-state index in [-0.39, 0.29) is 6.61 Å². The van der Waals surface area contributed by atoms with Crippen LogP contribution in [0.4, 0.5) is 0 Å². The van der Waals surface area contributed by atoms with E-state index < -0.39 is 5.54 Å². The van der Waals surface area contributed by atoms with Gasteiger partial charge in [0.1, 0.15) is 0 Å². The largest absolute Gasteiger partial charge is 0.396 e. The average Bonchev–Trinajstić information content (AvgIpc) is 2.41. The van der Waals surface area contributed by atoms with E-state index in [0.29, 0.717) is 6.42 Å². The van der Waals surface area contributed by atoms with E-state index >= 15 is 0 Å². The first-order valence-corrected chi connectivity index (χ1v) is 5.78. The van der Waals surface area contributed by atoms with Gasteiger partial charge < -0.3 is 10.8 Å². The van der Waals surface area contributed by atoms with Crippen LogP contribution in [0.25, 0.3) is 0 Å². The molecule has 88 valence electrons. The van der Waals surface area contributed by atoms with Crippen LogP contribution in [0.5, 0.6) is 0 Å². The van der Waals surface area contributed by atoms with Gasteiger partial charge >= 0.3 is 0 Å². The van der Waals surface area contributed by atoms with Gasteiger partial charge in [-0.2, -0.15) is 0 Å². The van der Waals surface area contributed by atoms with Crippen molar-refractivity contribution in [2.75, 3.05) is 6.61 Å². The van der Waals surface area contributed by atoms with E-state index in [1.807, 2.05) is 60.7 Å². The van der Waals surface area contributed by atoms with Gasteiger partial charge in [0.25, 0.3) is 0 Å². The second-order valence-corrected chi connectivity index (χ2v) is 4.18. The number of hydrogen-bond donors (Lipinski definition) is 2. The zero-order valence-corrected chi connectivity index (χ0v) is 9.71. The molecule has 2 aromatic rings. The SMILES string of the molecule is NC(CCO)(c1ccccc1)c1ccccc1. The third kappa shape index (κ3) is 2.38. The molecule has 0 aliphatic carbocycles. The molecule has 0 aliphatic rings. The van der Waals surface area contributed by atoms with E-state index in [1.54, 1.807) is 0 Å². The van der Waals surface area contributed by atoms with Gasteiger partial charge in [-0.1, -0.05) is 60.7 Å². The molecular weight excluding hydrogens is 210 g/mol. The van der Waals surface area contributed by atoms with Crippen molar-refractivity contribution >= 4 is 0 Å². The third-order valence-corrected chi connectivity index (χ3v) is 3.08. The molecular formula is C15H17NO. The van der Waals surface area contributed by atoms with Crippen LogP contribution < -0.4 is 5.73 Å². The maximum Gasteiger partial charge on any atom is 0.0687 e. The van der Waals surface area contributed by atoms with E-state index in [4.69, 9.17) is 5.73 Å². The first-order valence-electron chi connectivity index (χ1n) is 5.78. The molecule has 17 heavy (non-hydrogen) atoms. The second-order valence-electron chi connectivity index (χ2n) is 4.18. The van der Waals surface area contributed by atoms with Crippen molar-refractivity contribution in [1.29, 1.82) is 0 Å². The average molecular weight is 227 g/mol. The molecule has 0 heterocycles. The fourth-order valence-electron chi connectivity index (χ4n) is 2.10. The zero-order chi connectivity index (χ0) is 12.1. The van der Waals surface area contributed by atoms with Gasteiger partial charge in [0, 0.05) is 6.61 Å². The maximum absolute atomic E-state index is 9.24. The van der Waals surface area contributed by atoms with Crippen LogP contribution in [-0.2, 0) is 5.54 Å². The van der Waals surface area contributed by atoms with Crippen LogP contribution in [0.3, 0.4) is 0 Å². The van der Waals surface area contributed by atoms with E-state index in [9.17, 15) is 5.11 Å². The van der Waals surface area contributed by atoms with Gasteiger partial charge in [0.15, 0.2) is 0 Å². The molecule has 0 aromatic heterocycles. The Balaban J connectivity index is 2.47. The van der Waals surface area contributed by atoms with Gasteiger partial charge in [0.05, 0.1) is 5.54 Å². The maximum atomic E-state index is 9.24. The Morgan fingerprint density at radius 2 is 1.24 bits per heavy atom. The summed E-state index contributed by atoms with van der Waals surface area (Å²) < 4.78 is 0. The van der Waals surface area contributed by atoms with Gasteiger partial charge in [0.2, 0.25) is 0 Å². The van der Waals surface area contributed by atoms with Crippen molar-refractivity contribution in [2.45, 2.75) is 12.0 Å². The molecule has 0 saturated heterocycles. The number of hydrogen-bond acceptors (Lipinski definition) is 2. The Kier molecular flexibility index (Phi) is 3.57. The Labute approximate surface area is 102 Å². The molecule has 2 nitrogen and oxygen atoms in total. The predicted octanol–water partition coefficient (Wildman–Crippen LogP) is 2.27. The highest BCUT2D eigenvalue weighted by Gasteiger charge is 2.28. The highest BCUT2D eigenvalue weighted by Crippen LogP contribution is 2.29. The zero-order valence-electron chi connectivity index (χ0n) is 9.71. The summed E-state index contributed by atoms with van der Waals surface area (Å²) in [4.78, 5) is 0. The Morgan fingerprint density at radius 3 is 1.59 bits per heavy atom. The number of rotatable bonds is 4. The number of nitrogens with two attached hydrogens (primary N) is 1. The standard InChI is InChI=1S/C15H17NO/c16-15(11-12-17,13-7-3-1-4-8-13)14-9-5-2-6-10-14/h1-10,17H,11-12,16H2. The third-order valence-electron chi connectivity index (χ3n) is 3.08. The van der Waals surface area contributed by atoms with Crippen molar-refractivity contribution in [3.63, 3.8) is 0 Å². The molecule has 0 bridgehead atoms. The van der Waals surface area contributed by atoms with Crippen LogP contribution in [0, 0.1) is 0 Å². The summed E-state index contributed by atoms with van der Waals surface area (Å²) in [5.41, 5.74) is 7.93. The summed E-state index contributed by atoms with van der Waals surface area (Å²) in [6.07, 6.45) is 0.515. The highest BCUT2D eigenvalue weighted by molar-refractivity contribution is 5.37. The lowest BCUT2D eigenvalue weighted by Crippen LogP contribution is -2.38. The molecule has 0 saturated carbocycles. The molecule has 2 heteroatoms. The lowest BCUT2D eigenvalue weighted by molar-refractivity contribution is 0.255. The molecule has 0 unspecified atom stereocenters. The van der Waals surface area contributed by atoms with Crippen LogP contribution >= 0.6 is 0 Å². The molecule has 2 aromatic carbocycles. The van der Waals surface area contributed by atoms with E-state index in [2.05, 4.69) is 0 Å². The fourth-order valence-corrected chi connectivity index (χ4v) is 2.10. The van der Waals surface area contributed by atoms with Gasteiger partial charge in [-0.25, -0.2) is 0 Å². The number of aliphatic hydroxyl groups is 1. The van der Waals surface area contributed by atoms with Crippen molar-refractivity contribution in [2.24, 2.45) is 5.73 Å². The molecule has 2 rings (SSSR count). The van der Waals surface area contributed by atoms with Gasteiger partial charge in [-0.3, -0.25) is 0 Å². The topological polar surface area (TPSA) is 46.2 Å². The van der Waals surface area contributed by atoms with Crippen molar-refractivity contribution in [1.82, 2.24) is 0 Å². The van der Waals surface area contributed by atoms with Crippen LogP contribution in [-0.4, -0.2) is 11.7 Å². The summed E-state index contributed by atoms with van der Waals surface area (Å²) >= 11 is 0. The Morgan fingerprint density at radius 1 is 0.824 bits per heavy atom. The molecule has 0 radical (unpaired) electrons. The Hall–Kier alpha value is -1.64. The summed E-state index contributed by atoms with van der Waals surface area (Å²) in [5.74, 6) is 0. The summed E-state index contributed by atoms with van der Waals surface area (Å²) in [5, 5.41) is 9.24. The summed E-state index contributed by atoms with van der Waals surface area (Å²) in [6.45, 7) is 0.0697. The first-order chi connectivity index (χ1) is 8.27. The van der Waals surface area contributed by atoms with E-state index in [1.165, 1.54) is 0 Å². The molecule has 3 N–H and O–H groups in total. The van der Waals surface area contributed by atoms with Crippen molar-refractivity contribution in [3.8, 4) is 0 Å². The lowest BCUT2D eigenvalue weighted by atomic mass is 9.81. The minimum Gasteiger partial charge on any atom is -0.396 e. The molecule has 0 spiro atoms. The van der Waals surface area contributed by atoms with Crippen LogP contribution in [0.1, 0.15) is 17.5 Å². The molecule has 0 amide bonds. The predicted molar refractivity (Wildman–Crippen MR) is 69.6 cm³/mol. The molecule has 0 atom stereocenters. The molecule has 0 aliphatic heterocycles. The quantitative estimate of drug-likeness (QED) is 0.841. The minimum atomic E-state index is -0.614. The number of aliphatic hydroxyl groups excluding tert-OH is 1. The van der Waals surface area contributed by atoms with Crippen LogP contribution in [0.15, 0.2) is 60.7 Å². The Bertz CT molecular complexity index is 413. The highest BCUT2D eigenvalue weighted by atomic mass is 16.3. The minimum absolute atomic E-state index is 0.0697. The first kappa shape index (κ1) is 11.8. The summed E-state index contributed by atoms with van der Waals surface area (Å²) in [6, 6.07) is 19.8. The number of benzene rings is 2. The normalized spacial score (nSPS) is 11.4. The van der Waals surface area contributed by atoms with E-state index in [0.717, 1.165) is 11.1 Å². The smallest absolute Gasteiger partial charge is 0.0687 e. The van der Waals surface area contributed by atoms with Gasteiger partial charge in [-0.05, 0) is 17.5 Å². The van der Waals surface area contributed by atoms with Crippen molar-refractivity contribution < 1.29 is 5.11 Å². The summed E-state index contributed by atoms with van der Waals surface area (Å²) in [7, 11) is 0. The second kappa shape index (κ2) is 5.13. The fraction of sp³-hybridized carbons (Fsp3) is 0.200. The lowest BCUT2D eigenvalue weighted by Gasteiger charge is -2.30.